The topological polar surface area (TPSA) is 77.1 Å². The number of hydrogen-bond acceptors (Lipinski definition) is 6. The van der Waals surface area contributed by atoms with Crippen LogP contribution >= 0.6 is 11.8 Å². The number of carbonyl (C=O) groups is 2. The molecule has 0 aliphatic carbocycles. The number of ether oxygens (including phenoxy) is 3. The Morgan fingerprint density at radius 3 is 2.93 bits per heavy atom. The number of morpholine rings is 1. The lowest BCUT2D eigenvalue weighted by atomic mass is 10.2. The van der Waals surface area contributed by atoms with Gasteiger partial charge in [-0.1, -0.05) is 0 Å². The van der Waals surface area contributed by atoms with Crippen LogP contribution in [0.5, 0.6) is 5.75 Å². The molecule has 1 aliphatic heterocycles. The Morgan fingerprint density at radius 2 is 2.21 bits per heavy atom. The van der Waals surface area contributed by atoms with Crippen molar-refractivity contribution in [3.63, 3.8) is 0 Å². The zero-order valence-corrected chi connectivity index (χ0v) is 16.6. The minimum absolute atomic E-state index is 0.0446. The fourth-order valence-electron chi connectivity index (χ4n) is 2.64. The number of esters is 1. The van der Waals surface area contributed by atoms with Gasteiger partial charge in [0.2, 0.25) is 0 Å². The first-order valence-corrected chi connectivity index (χ1v) is 10.2. The predicted octanol–water partition coefficient (Wildman–Crippen LogP) is 2.05. The van der Waals surface area contributed by atoms with Crippen molar-refractivity contribution < 1.29 is 32.6 Å². The second-order valence-electron chi connectivity index (χ2n) is 6.13. The molecule has 2 atom stereocenters. The molecule has 0 aromatic heterocycles. The number of urea groups is 1. The highest BCUT2D eigenvalue weighted by Gasteiger charge is 2.28. The van der Waals surface area contributed by atoms with Crippen LogP contribution in [-0.2, 0) is 14.3 Å². The Balaban J connectivity index is 1.89. The molecule has 0 radical (unpaired) electrons. The third kappa shape index (κ3) is 6.52. The van der Waals surface area contributed by atoms with E-state index in [2.05, 4.69) is 5.32 Å². The predicted molar refractivity (Wildman–Crippen MR) is 101 cm³/mol. The van der Waals surface area contributed by atoms with Crippen LogP contribution in [0.1, 0.15) is 6.42 Å². The van der Waals surface area contributed by atoms with E-state index in [-0.39, 0.29) is 25.5 Å². The Kier molecular flexibility index (Phi) is 8.78. The van der Waals surface area contributed by atoms with E-state index in [9.17, 15) is 18.4 Å². The molecule has 1 N–H and O–H groups in total. The fraction of sp³-hybridized carbons (Fsp3) is 0.556. The van der Waals surface area contributed by atoms with Gasteiger partial charge >= 0.3 is 12.0 Å². The Labute approximate surface area is 166 Å². The van der Waals surface area contributed by atoms with E-state index in [1.165, 1.54) is 12.0 Å². The third-order valence-corrected chi connectivity index (χ3v) is 4.78. The van der Waals surface area contributed by atoms with Crippen molar-refractivity contribution in [2.24, 2.45) is 0 Å². The van der Waals surface area contributed by atoms with Crippen LogP contribution in [-0.4, -0.2) is 74.5 Å². The van der Waals surface area contributed by atoms with Gasteiger partial charge < -0.3 is 24.4 Å². The van der Waals surface area contributed by atoms with E-state index in [1.807, 2.05) is 6.26 Å². The lowest BCUT2D eigenvalue weighted by Crippen LogP contribution is -2.54. The van der Waals surface area contributed by atoms with Gasteiger partial charge in [-0.2, -0.15) is 11.8 Å². The van der Waals surface area contributed by atoms with Crippen LogP contribution in [0.4, 0.5) is 13.6 Å². The molecule has 2 unspecified atom stereocenters. The molecule has 0 bridgehead atoms. The standard InChI is InChI=1S/C18H24F2N2O5S/c1-25-17(23)15(5-8-28-2)21-18(24)22-6-7-26-13(10-22)11-27-16-9-12(19)3-4-14(16)20/h3-4,9,13,15H,5-8,10-11H2,1-2H3,(H,21,24). The van der Waals surface area contributed by atoms with Gasteiger partial charge in [-0.05, 0) is 30.6 Å². The smallest absolute Gasteiger partial charge is 0.328 e. The van der Waals surface area contributed by atoms with Crippen molar-refractivity contribution in [1.82, 2.24) is 10.2 Å². The van der Waals surface area contributed by atoms with Crippen LogP contribution in [0, 0.1) is 11.6 Å². The monoisotopic (exact) mass is 418 g/mol. The number of nitrogens with one attached hydrogen (secondary N) is 1. The first-order chi connectivity index (χ1) is 13.4. The van der Waals surface area contributed by atoms with Crippen molar-refractivity contribution in [2.45, 2.75) is 18.6 Å². The average Bonchev–Trinajstić information content (AvgIpc) is 2.71. The van der Waals surface area contributed by atoms with Gasteiger partial charge in [0.05, 0.1) is 20.3 Å². The maximum atomic E-state index is 13.6. The largest absolute Gasteiger partial charge is 0.488 e. The molecule has 1 fully saturated rings. The highest BCUT2D eigenvalue weighted by atomic mass is 32.2. The van der Waals surface area contributed by atoms with Gasteiger partial charge in [0, 0.05) is 12.6 Å². The number of amides is 2. The minimum Gasteiger partial charge on any atom is -0.488 e. The molecule has 1 saturated heterocycles. The number of hydrogen-bond donors (Lipinski definition) is 1. The number of rotatable bonds is 8. The van der Waals surface area contributed by atoms with E-state index in [4.69, 9.17) is 14.2 Å². The van der Waals surface area contributed by atoms with E-state index < -0.39 is 35.8 Å². The van der Waals surface area contributed by atoms with Crippen LogP contribution < -0.4 is 10.1 Å². The summed E-state index contributed by atoms with van der Waals surface area (Å²) in [4.78, 5) is 25.8. The van der Waals surface area contributed by atoms with Gasteiger partial charge in [0.15, 0.2) is 11.6 Å². The van der Waals surface area contributed by atoms with Gasteiger partial charge in [-0.25, -0.2) is 18.4 Å². The maximum absolute atomic E-state index is 13.6. The van der Waals surface area contributed by atoms with Crippen molar-refractivity contribution in [2.75, 3.05) is 45.4 Å². The summed E-state index contributed by atoms with van der Waals surface area (Å²) < 4.78 is 42.4. The molecule has 1 heterocycles. The first-order valence-electron chi connectivity index (χ1n) is 8.76. The molecule has 28 heavy (non-hydrogen) atoms. The normalized spacial score (nSPS) is 17.7. The van der Waals surface area contributed by atoms with Crippen LogP contribution in [0.3, 0.4) is 0 Å². The zero-order chi connectivity index (χ0) is 20.5. The van der Waals surface area contributed by atoms with E-state index in [1.54, 1.807) is 11.8 Å². The molecule has 1 aromatic carbocycles. The Hall–Kier alpha value is -2.07. The van der Waals surface area contributed by atoms with Crippen LogP contribution in [0.25, 0.3) is 0 Å². The number of carbonyl (C=O) groups excluding carboxylic acids is 2. The van der Waals surface area contributed by atoms with Gasteiger partial charge in [0.25, 0.3) is 0 Å². The van der Waals surface area contributed by atoms with E-state index in [0.717, 1.165) is 18.2 Å². The summed E-state index contributed by atoms with van der Waals surface area (Å²) in [6.07, 6.45) is 1.85. The number of benzene rings is 1. The highest BCUT2D eigenvalue weighted by Crippen LogP contribution is 2.19. The van der Waals surface area contributed by atoms with Crippen molar-refractivity contribution in [3.8, 4) is 5.75 Å². The van der Waals surface area contributed by atoms with Crippen molar-refractivity contribution in [1.29, 1.82) is 0 Å². The molecule has 1 aliphatic rings. The molecule has 10 heteroatoms. The van der Waals surface area contributed by atoms with Crippen LogP contribution in [0.2, 0.25) is 0 Å². The van der Waals surface area contributed by atoms with E-state index in [0.29, 0.717) is 18.7 Å². The SMILES string of the molecule is COC(=O)C(CCSC)NC(=O)N1CCOC(COc2cc(F)ccc2F)C1. The third-order valence-electron chi connectivity index (χ3n) is 4.14. The summed E-state index contributed by atoms with van der Waals surface area (Å²) in [5.41, 5.74) is 0. The van der Waals surface area contributed by atoms with Crippen LogP contribution in [0.15, 0.2) is 18.2 Å². The number of thioether (sulfide) groups is 1. The molecule has 1 aromatic rings. The fourth-order valence-corrected chi connectivity index (χ4v) is 3.11. The summed E-state index contributed by atoms with van der Waals surface area (Å²) >= 11 is 1.56. The maximum Gasteiger partial charge on any atom is 0.328 e. The Bertz CT molecular complexity index is 679. The summed E-state index contributed by atoms with van der Waals surface area (Å²) in [5.74, 6) is -1.31. The van der Waals surface area contributed by atoms with Crippen molar-refractivity contribution in [3.05, 3.63) is 29.8 Å². The highest BCUT2D eigenvalue weighted by molar-refractivity contribution is 7.98. The zero-order valence-electron chi connectivity index (χ0n) is 15.8. The minimum atomic E-state index is -0.733. The molecular formula is C18H24F2N2O5S. The second kappa shape index (κ2) is 11.1. The molecule has 0 saturated carbocycles. The Morgan fingerprint density at radius 1 is 1.43 bits per heavy atom. The van der Waals surface area contributed by atoms with Crippen molar-refractivity contribution >= 4 is 23.8 Å². The van der Waals surface area contributed by atoms with Gasteiger partial charge in [0.1, 0.15) is 24.6 Å². The molecule has 2 amide bonds. The number of halogens is 2. The quantitative estimate of drug-likeness (QED) is 0.652. The van der Waals surface area contributed by atoms with Gasteiger partial charge in [-0.3, -0.25) is 0 Å². The van der Waals surface area contributed by atoms with Gasteiger partial charge in [-0.15, -0.1) is 0 Å². The summed E-state index contributed by atoms with van der Waals surface area (Å²) in [7, 11) is 1.27. The number of nitrogens with zero attached hydrogens (tertiary/aromatic N) is 1. The summed E-state index contributed by atoms with van der Waals surface area (Å²) in [6, 6.07) is 1.79. The molecule has 2 rings (SSSR count). The lowest BCUT2D eigenvalue weighted by Gasteiger charge is -2.33. The second-order valence-corrected chi connectivity index (χ2v) is 7.12. The lowest BCUT2D eigenvalue weighted by molar-refractivity contribution is -0.143. The summed E-state index contributed by atoms with van der Waals surface area (Å²) in [6.45, 7) is 0.754. The number of methoxy groups -OCH3 is 1. The molecule has 7 nitrogen and oxygen atoms in total. The first kappa shape index (κ1) is 22.2. The molecule has 156 valence electrons. The molecular weight excluding hydrogens is 394 g/mol. The van der Waals surface area contributed by atoms with E-state index >= 15 is 0 Å². The average molecular weight is 418 g/mol. The molecule has 0 spiro atoms. The summed E-state index contributed by atoms with van der Waals surface area (Å²) in [5, 5.41) is 2.68.